The topological polar surface area (TPSA) is 8.17 Å². The second-order valence-electron chi connectivity index (χ2n) is 14.1. The Morgan fingerprint density at radius 3 is 1.41 bits per heavy atom. The molecular formula is C54H38N2. The Balaban J connectivity index is 1.14. The molecule has 0 N–H and O–H groups in total. The molecule has 0 unspecified atom stereocenters. The highest BCUT2D eigenvalue weighted by Crippen LogP contribution is 2.45. The Kier molecular flexibility index (Phi) is 8.55. The van der Waals surface area contributed by atoms with Crippen LogP contribution >= 0.6 is 0 Å². The van der Waals surface area contributed by atoms with Crippen molar-refractivity contribution in [3.05, 3.63) is 231 Å². The van der Waals surface area contributed by atoms with Crippen molar-refractivity contribution in [2.45, 2.75) is 0 Å². The number of fused-ring (bicyclic) bond motifs is 3. The van der Waals surface area contributed by atoms with Crippen molar-refractivity contribution in [2.75, 3.05) is 4.90 Å². The summed E-state index contributed by atoms with van der Waals surface area (Å²) in [5.74, 6) is 0. The second kappa shape index (κ2) is 14.4. The molecule has 0 radical (unpaired) electrons. The number of hydrogen-bond donors (Lipinski definition) is 0. The van der Waals surface area contributed by atoms with Crippen LogP contribution in [0, 0.1) is 0 Å². The first-order valence-corrected chi connectivity index (χ1v) is 19.2. The van der Waals surface area contributed by atoms with E-state index in [1.807, 2.05) is 0 Å². The third-order valence-electron chi connectivity index (χ3n) is 10.8. The van der Waals surface area contributed by atoms with Crippen molar-refractivity contribution in [1.82, 2.24) is 4.57 Å². The van der Waals surface area contributed by atoms with Crippen molar-refractivity contribution in [1.29, 1.82) is 0 Å². The highest BCUT2D eigenvalue weighted by atomic mass is 15.1. The number of para-hydroxylation sites is 3. The first kappa shape index (κ1) is 33.2. The van der Waals surface area contributed by atoms with Crippen LogP contribution in [0.25, 0.3) is 72.0 Å². The van der Waals surface area contributed by atoms with Crippen LogP contribution in [0.1, 0.15) is 0 Å². The second-order valence-corrected chi connectivity index (χ2v) is 14.1. The summed E-state index contributed by atoms with van der Waals surface area (Å²) in [6, 6.07) is 83.0. The van der Waals surface area contributed by atoms with E-state index in [1.54, 1.807) is 0 Å². The highest BCUT2D eigenvalue weighted by molar-refractivity contribution is 6.17. The summed E-state index contributed by atoms with van der Waals surface area (Å²) in [4.78, 5) is 2.41. The Morgan fingerprint density at radius 2 is 0.750 bits per heavy atom. The first-order valence-electron chi connectivity index (χ1n) is 19.2. The molecule has 2 heteroatoms. The van der Waals surface area contributed by atoms with Crippen molar-refractivity contribution in [3.8, 4) is 50.2 Å². The summed E-state index contributed by atoms with van der Waals surface area (Å²) < 4.78 is 2.39. The zero-order chi connectivity index (χ0) is 37.3. The molecule has 56 heavy (non-hydrogen) atoms. The Hall–Kier alpha value is -7.42. The van der Waals surface area contributed by atoms with Gasteiger partial charge in [-0.2, -0.15) is 0 Å². The van der Waals surface area contributed by atoms with Crippen molar-refractivity contribution >= 4 is 38.9 Å². The number of rotatable bonds is 8. The van der Waals surface area contributed by atoms with E-state index in [0.29, 0.717) is 0 Å². The van der Waals surface area contributed by atoms with E-state index in [-0.39, 0.29) is 0 Å². The van der Waals surface area contributed by atoms with E-state index in [0.717, 1.165) is 22.7 Å². The summed E-state index contributed by atoms with van der Waals surface area (Å²) in [5.41, 5.74) is 16.4. The van der Waals surface area contributed by atoms with Gasteiger partial charge in [-0.25, -0.2) is 0 Å². The highest BCUT2D eigenvalue weighted by Gasteiger charge is 2.21. The molecule has 264 valence electrons. The largest absolute Gasteiger partial charge is 0.310 e. The van der Waals surface area contributed by atoms with Crippen molar-refractivity contribution in [2.24, 2.45) is 0 Å². The van der Waals surface area contributed by atoms with Gasteiger partial charge in [0, 0.05) is 33.4 Å². The molecule has 10 rings (SSSR count). The molecule has 0 saturated heterocycles. The van der Waals surface area contributed by atoms with Crippen molar-refractivity contribution in [3.63, 3.8) is 0 Å². The Bertz CT molecular complexity index is 2930. The smallest absolute Gasteiger partial charge is 0.0547 e. The molecule has 0 aliphatic rings. The molecule has 10 aromatic rings. The number of aromatic nitrogens is 1. The van der Waals surface area contributed by atoms with E-state index in [4.69, 9.17) is 0 Å². The summed E-state index contributed by atoms with van der Waals surface area (Å²) in [6.45, 7) is 0. The molecule has 9 aromatic carbocycles. The minimum absolute atomic E-state index is 1.09. The lowest BCUT2D eigenvalue weighted by molar-refractivity contribution is 1.18. The molecule has 0 amide bonds. The quantitative estimate of drug-likeness (QED) is 0.152. The molecular weight excluding hydrogens is 677 g/mol. The van der Waals surface area contributed by atoms with Crippen molar-refractivity contribution < 1.29 is 0 Å². The third kappa shape index (κ3) is 6.04. The molecule has 1 aromatic heterocycles. The Labute approximate surface area is 327 Å². The number of nitrogens with zero attached hydrogens (tertiary/aromatic N) is 2. The van der Waals surface area contributed by atoms with Crippen LogP contribution in [0.3, 0.4) is 0 Å². The fourth-order valence-corrected chi connectivity index (χ4v) is 8.17. The van der Waals surface area contributed by atoms with Crippen LogP contribution in [0.2, 0.25) is 0 Å². The summed E-state index contributed by atoms with van der Waals surface area (Å²) in [7, 11) is 0. The molecule has 0 bridgehead atoms. The standard InChI is InChI=1S/C54H38N2/c1-4-16-39(17-5-1)41-30-34-46(35-31-41)55(47-36-32-42(33-37-47)44-21-14-20-43(38-44)40-18-6-2-7-19-40)51-27-12-10-24-48(51)49-26-15-29-53-54(49)50-25-11-13-28-52(50)56(53)45-22-8-3-9-23-45/h1-38H. The van der Waals surface area contributed by atoms with Crippen LogP contribution < -0.4 is 4.90 Å². The molecule has 0 saturated carbocycles. The average molecular weight is 715 g/mol. The van der Waals surface area contributed by atoms with Gasteiger partial charge in [-0.1, -0.05) is 170 Å². The molecule has 0 aliphatic carbocycles. The minimum atomic E-state index is 1.09. The Morgan fingerprint density at radius 1 is 0.304 bits per heavy atom. The van der Waals surface area contributed by atoms with Crippen LogP contribution in [-0.2, 0) is 0 Å². The fourth-order valence-electron chi connectivity index (χ4n) is 8.17. The molecule has 0 fully saturated rings. The maximum Gasteiger partial charge on any atom is 0.0547 e. The molecule has 0 atom stereocenters. The monoisotopic (exact) mass is 714 g/mol. The predicted molar refractivity (Wildman–Crippen MR) is 237 cm³/mol. The van der Waals surface area contributed by atoms with E-state index in [1.165, 1.54) is 66.3 Å². The van der Waals surface area contributed by atoms with Gasteiger partial charge < -0.3 is 9.47 Å². The van der Waals surface area contributed by atoms with Crippen LogP contribution in [0.5, 0.6) is 0 Å². The van der Waals surface area contributed by atoms with Gasteiger partial charge in [0.25, 0.3) is 0 Å². The summed E-state index contributed by atoms with van der Waals surface area (Å²) >= 11 is 0. The minimum Gasteiger partial charge on any atom is -0.310 e. The third-order valence-corrected chi connectivity index (χ3v) is 10.8. The van der Waals surface area contributed by atoms with E-state index in [2.05, 4.69) is 240 Å². The summed E-state index contributed by atoms with van der Waals surface area (Å²) in [5, 5.41) is 2.48. The van der Waals surface area contributed by atoms with Gasteiger partial charge in [-0.3, -0.25) is 0 Å². The molecule has 2 nitrogen and oxygen atoms in total. The number of anilines is 3. The lowest BCUT2D eigenvalue weighted by Crippen LogP contribution is -2.11. The van der Waals surface area contributed by atoms with Gasteiger partial charge >= 0.3 is 0 Å². The van der Waals surface area contributed by atoms with E-state index >= 15 is 0 Å². The van der Waals surface area contributed by atoms with E-state index < -0.39 is 0 Å². The number of benzene rings is 9. The lowest BCUT2D eigenvalue weighted by Gasteiger charge is -2.28. The van der Waals surface area contributed by atoms with Gasteiger partial charge in [0.05, 0.1) is 16.7 Å². The maximum absolute atomic E-state index is 2.41. The zero-order valence-electron chi connectivity index (χ0n) is 30.8. The van der Waals surface area contributed by atoms with Crippen LogP contribution in [0.4, 0.5) is 17.1 Å². The fraction of sp³-hybridized carbons (Fsp3) is 0. The normalized spacial score (nSPS) is 11.2. The van der Waals surface area contributed by atoms with Gasteiger partial charge in [-0.15, -0.1) is 0 Å². The van der Waals surface area contributed by atoms with E-state index in [9.17, 15) is 0 Å². The molecule has 1 heterocycles. The zero-order valence-corrected chi connectivity index (χ0v) is 30.8. The van der Waals surface area contributed by atoms with Crippen LogP contribution in [-0.4, -0.2) is 4.57 Å². The maximum atomic E-state index is 2.41. The lowest BCUT2D eigenvalue weighted by atomic mass is 9.96. The van der Waals surface area contributed by atoms with Gasteiger partial charge in [0.2, 0.25) is 0 Å². The van der Waals surface area contributed by atoms with Gasteiger partial charge in [-0.05, 0) is 99.6 Å². The first-order chi connectivity index (χ1) is 27.8. The van der Waals surface area contributed by atoms with Gasteiger partial charge in [0.15, 0.2) is 0 Å². The molecule has 0 aliphatic heterocycles. The summed E-state index contributed by atoms with van der Waals surface area (Å²) in [6.07, 6.45) is 0. The predicted octanol–water partition coefficient (Wildman–Crippen LogP) is 14.9. The SMILES string of the molecule is c1ccc(-c2ccc(N(c3ccc(-c4cccc(-c5ccccc5)c4)cc3)c3ccccc3-c3cccc4c3c3ccccc3n4-c3ccccc3)cc2)cc1. The molecule has 0 spiro atoms. The average Bonchev–Trinajstić information content (AvgIpc) is 3.63. The van der Waals surface area contributed by atoms with Crippen LogP contribution in [0.15, 0.2) is 231 Å². The number of hydrogen-bond acceptors (Lipinski definition) is 1. The van der Waals surface area contributed by atoms with Gasteiger partial charge in [0.1, 0.15) is 0 Å².